The molecule has 0 aromatic heterocycles. The summed E-state index contributed by atoms with van der Waals surface area (Å²) in [5.41, 5.74) is 9.45. The Morgan fingerprint density at radius 2 is 0.706 bits per heavy atom. The number of fused-ring (bicyclic) bond motifs is 3. The first-order valence-electron chi connectivity index (χ1n) is 17.5. The fourth-order valence-corrected chi connectivity index (χ4v) is 13.2. The van der Waals surface area contributed by atoms with Gasteiger partial charge in [0.2, 0.25) is 0 Å². The van der Waals surface area contributed by atoms with Crippen molar-refractivity contribution in [3.63, 3.8) is 0 Å². The Morgan fingerprint density at radius 1 is 0.294 bits per heavy atom. The highest BCUT2D eigenvalue weighted by molar-refractivity contribution is 7.22. The average Bonchev–Trinajstić information content (AvgIpc) is 3.51. The lowest BCUT2D eigenvalue weighted by Gasteiger charge is -2.33. The van der Waals surface area contributed by atoms with Crippen LogP contribution in [-0.4, -0.2) is 8.07 Å². The van der Waals surface area contributed by atoms with Crippen molar-refractivity contribution in [2.75, 3.05) is 9.80 Å². The molecule has 51 heavy (non-hydrogen) atoms. The Hall–Kier alpha value is -6.42. The molecule has 0 aliphatic carbocycles. The second-order valence-electron chi connectivity index (χ2n) is 12.9. The topological polar surface area (TPSA) is 6.48 Å². The standard InChI is InChI=1S/C48H36N2Si/c1-7-20-37(21-8-1)49(38-22-9-2-10-23-38)41-34-35-44-47(36-41)51(42-28-15-5-16-29-42,43-30-17-6-18-31-43)46-33-19-32-45(48(44)46)50(39-24-11-3-12-25-39)40-26-13-4-14-27-40/h1-36H. The number of benzene rings is 8. The molecule has 0 N–H and O–H groups in total. The van der Waals surface area contributed by atoms with Gasteiger partial charge in [-0.25, -0.2) is 0 Å². The molecule has 8 aromatic rings. The summed E-state index contributed by atoms with van der Waals surface area (Å²) in [5.74, 6) is 0. The zero-order valence-electron chi connectivity index (χ0n) is 28.2. The predicted molar refractivity (Wildman–Crippen MR) is 218 cm³/mol. The molecular weight excluding hydrogens is 633 g/mol. The predicted octanol–water partition coefficient (Wildman–Crippen LogP) is 9.98. The molecule has 0 saturated carbocycles. The lowest BCUT2D eigenvalue weighted by molar-refractivity contribution is 1.28. The molecule has 8 aromatic carbocycles. The van der Waals surface area contributed by atoms with Gasteiger partial charge in [0.15, 0.2) is 8.07 Å². The zero-order valence-corrected chi connectivity index (χ0v) is 29.2. The van der Waals surface area contributed by atoms with Crippen LogP contribution >= 0.6 is 0 Å². The van der Waals surface area contributed by atoms with Gasteiger partial charge in [0.25, 0.3) is 0 Å². The lowest BCUT2D eigenvalue weighted by Crippen LogP contribution is -2.72. The normalized spacial score (nSPS) is 12.5. The van der Waals surface area contributed by atoms with E-state index in [0.29, 0.717) is 0 Å². The van der Waals surface area contributed by atoms with Crippen LogP contribution in [-0.2, 0) is 0 Å². The highest BCUT2D eigenvalue weighted by atomic mass is 28.3. The fraction of sp³-hybridized carbons (Fsp3) is 0. The Labute approximate surface area is 301 Å². The van der Waals surface area contributed by atoms with Crippen LogP contribution in [0.4, 0.5) is 34.1 Å². The van der Waals surface area contributed by atoms with E-state index in [1.807, 2.05) is 0 Å². The summed E-state index contributed by atoms with van der Waals surface area (Å²) in [6.07, 6.45) is 0. The van der Waals surface area contributed by atoms with Crippen molar-refractivity contribution < 1.29 is 0 Å². The minimum absolute atomic E-state index is 1.13. The molecule has 1 aliphatic rings. The molecule has 1 aliphatic heterocycles. The summed E-state index contributed by atoms with van der Waals surface area (Å²) < 4.78 is 0. The third kappa shape index (κ3) is 5.18. The van der Waals surface area contributed by atoms with Crippen molar-refractivity contribution in [3.05, 3.63) is 218 Å². The van der Waals surface area contributed by atoms with Gasteiger partial charge in [0.1, 0.15) is 0 Å². The number of hydrogen-bond acceptors (Lipinski definition) is 2. The summed E-state index contributed by atoms with van der Waals surface area (Å²) in [7, 11) is -2.84. The first-order valence-corrected chi connectivity index (χ1v) is 19.5. The van der Waals surface area contributed by atoms with Gasteiger partial charge in [-0.2, -0.15) is 0 Å². The first-order chi connectivity index (χ1) is 25.3. The SMILES string of the molecule is c1ccc(N(c2ccccc2)c2ccc3c(c2)[Si](c2ccccc2)(c2ccccc2)c2cccc(N(c4ccccc4)c4ccccc4)c2-3)cc1. The number of rotatable bonds is 8. The average molecular weight is 669 g/mol. The number of para-hydroxylation sites is 4. The van der Waals surface area contributed by atoms with E-state index in [4.69, 9.17) is 0 Å². The molecule has 9 rings (SSSR count). The van der Waals surface area contributed by atoms with Crippen molar-refractivity contribution in [1.82, 2.24) is 0 Å². The van der Waals surface area contributed by atoms with Gasteiger partial charge in [-0.3, -0.25) is 0 Å². The minimum Gasteiger partial charge on any atom is -0.311 e. The monoisotopic (exact) mass is 668 g/mol. The molecular formula is C48H36N2Si. The van der Waals surface area contributed by atoms with Crippen molar-refractivity contribution in [2.45, 2.75) is 0 Å². The lowest BCUT2D eigenvalue weighted by atomic mass is 10.0. The maximum atomic E-state index is 2.50. The van der Waals surface area contributed by atoms with Crippen molar-refractivity contribution >= 4 is 62.9 Å². The second kappa shape index (κ2) is 13.1. The highest BCUT2D eigenvalue weighted by Gasteiger charge is 2.50. The molecule has 0 bridgehead atoms. The Kier molecular flexibility index (Phi) is 7.88. The molecule has 2 nitrogen and oxygen atoms in total. The van der Waals surface area contributed by atoms with Crippen molar-refractivity contribution in [1.29, 1.82) is 0 Å². The van der Waals surface area contributed by atoms with Crippen LogP contribution in [0.15, 0.2) is 218 Å². The van der Waals surface area contributed by atoms with Crippen molar-refractivity contribution in [2.24, 2.45) is 0 Å². The quantitative estimate of drug-likeness (QED) is 0.149. The Balaban J connectivity index is 1.39. The van der Waals surface area contributed by atoms with Gasteiger partial charge in [0.05, 0.1) is 5.69 Å². The molecule has 0 spiro atoms. The molecule has 0 saturated heterocycles. The number of nitrogens with zero attached hydrogens (tertiary/aromatic N) is 2. The van der Waals surface area contributed by atoms with Crippen LogP contribution in [0.25, 0.3) is 11.1 Å². The molecule has 0 fully saturated rings. The largest absolute Gasteiger partial charge is 0.311 e. The van der Waals surface area contributed by atoms with E-state index in [2.05, 4.69) is 228 Å². The summed E-state index contributed by atoms with van der Waals surface area (Å²) in [4.78, 5) is 4.82. The molecule has 3 heteroatoms. The van der Waals surface area contributed by atoms with Crippen LogP contribution in [0, 0.1) is 0 Å². The second-order valence-corrected chi connectivity index (χ2v) is 16.7. The molecule has 0 atom stereocenters. The van der Waals surface area contributed by atoms with E-state index >= 15 is 0 Å². The van der Waals surface area contributed by atoms with Gasteiger partial charge in [-0.15, -0.1) is 0 Å². The zero-order chi connectivity index (χ0) is 34.0. The van der Waals surface area contributed by atoms with Crippen LogP contribution < -0.4 is 30.5 Å². The maximum absolute atomic E-state index is 2.84. The van der Waals surface area contributed by atoms with Crippen LogP contribution in [0.1, 0.15) is 0 Å². The third-order valence-corrected chi connectivity index (χ3v) is 14.9. The van der Waals surface area contributed by atoms with Gasteiger partial charge in [-0.05, 0) is 93.0 Å². The Bertz CT molecular complexity index is 2280. The van der Waals surface area contributed by atoms with E-state index in [-0.39, 0.29) is 0 Å². The van der Waals surface area contributed by atoms with Gasteiger partial charge < -0.3 is 9.80 Å². The van der Waals surface area contributed by atoms with Crippen LogP contribution in [0.2, 0.25) is 0 Å². The van der Waals surface area contributed by atoms with E-state index in [1.165, 1.54) is 37.6 Å². The summed E-state index contributed by atoms with van der Waals surface area (Å²) in [6, 6.07) is 79.7. The molecule has 1 heterocycles. The molecule has 0 radical (unpaired) electrons. The van der Waals surface area contributed by atoms with Gasteiger partial charge in [0, 0.05) is 34.0 Å². The summed E-state index contributed by atoms with van der Waals surface area (Å²) >= 11 is 0. The fourth-order valence-electron chi connectivity index (χ4n) is 8.01. The highest BCUT2D eigenvalue weighted by Crippen LogP contribution is 2.44. The van der Waals surface area contributed by atoms with Gasteiger partial charge in [-0.1, -0.05) is 152 Å². The first kappa shape index (κ1) is 30.6. The summed E-state index contributed by atoms with van der Waals surface area (Å²) in [5, 5.41) is 5.56. The Morgan fingerprint density at radius 3 is 1.16 bits per heavy atom. The minimum atomic E-state index is -2.84. The van der Waals surface area contributed by atoms with E-state index in [9.17, 15) is 0 Å². The number of anilines is 6. The third-order valence-electron chi connectivity index (χ3n) is 10.1. The van der Waals surface area contributed by atoms with Crippen LogP contribution in [0.3, 0.4) is 0 Å². The van der Waals surface area contributed by atoms with E-state index in [0.717, 1.165) is 28.4 Å². The molecule has 0 unspecified atom stereocenters. The van der Waals surface area contributed by atoms with Gasteiger partial charge >= 0.3 is 0 Å². The molecule has 0 amide bonds. The van der Waals surface area contributed by atoms with E-state index < -0.39 is 8.07 Å². The van der Waals surface area contributed by atoms with Crippen LogP contribution in [0.5, 0.6) is 0 Å². The summed E-state index contributed by atoms with van der Waals surface area (Å²) in [6.45, 7) is 0. The smallest absolute Gasteiger partial charge is 0.181 e. The number of hydrogen-bond donors (Lipinski definition) is 0. The molecule has 242 valence electrons. The maximum Gasteiger partial charge on any atom is 0.181 e. The van der Waals surface area contributed by atoms with E-state index in [1.54, 1.807) is 0 Å². The van der Waals surface area contributed by atoms with Crippen molar-refractivity contribution in [3.8, 4) is 11.1 Å².